The minimum absolute atomic E-state index is 0.0606. The predicted octanol–water partition coefficient (Wildman–Crippen LogP) is 3.03. The molecular weight excluding hydrogens is 346 g/mol. The van der Waals surface area contributed by atoms with Crippen LogP contribution < -0.4 is 9.47 Å². The summed E-state index contributed by atoms with van der Waals surface area (Å²) in [6, 6.07) is 5.88. The minimum Gasteiger partial charge on any atom is -0.493 e. The summed E-state index contributed by atoms with van der Waals surface area (Å²) in [5.74, 6) is 1.56. The Balaban J connectivity index is 1.69. The van der Waals surface area contributed by atoms with Gasteiger partial charge in [0.05, 0.1) is 33.0 Å². The molecule has 6 nitrogen and oxygen atoms in total. The van der Waals surface area contributed by atoms with E-state index < -0.39 is 0 Å². The van der Waals surface area contributed by atoms with Crippen molar-refractivity contribution in [3.8, 4) is 11.5 Å². The maximum Gasteiger partial charge on any atom is 0.222 e. The van der Waals surface area contributed by atoms with E-state index in [-0.39, 0.29) is 17.4 Å². The van der Waals surface area contributed by atoms with Crippen LogP contribution in [0.3, 0.4) is 0 Å². The minimum atomic E-state index is 0.0606. The highest BCUT2D eigenvalue weighted by atomic mass is 16.5. The molecule has 2 aliphatic heterocycles. The monoisotopic (exact) mass is 377 g/mol. The summed E-state index contributed by atoms with van der Waals surface area (Å²) in [7, 11) is 1.64. The molecule has 1 atom stereocenters. The van der Waals surface area contributed by atoms with Gasteiger partial charge in [0.2, 0.25) is 5.91 Å². The maximum absolute atomic E-state index is 12.4. The standard InChI is InChI=1S/C21H31NO5/c1-4-20(23)22(12-17-6-5-9-26-17)11-16-7-8-18(24-3)19(10-16)27-15-21(2)13-25-14-21/h7-8,10,17H,4-6,9,11-15H2,1-3H3. The molecule has 0 aromatic heterocycles. The van der Waals surface area contributed by atoms with Crippen LogP contribution in [0.5, 0.6) is 11.5 Å². The Bertz CT molecular complexity index is 637. The Morgan fingerprint density at radius 3 is 2.74 bits per heavy atom. The quantitative estimate of drug-likeness (QED) is 0.662. The SMILES string of the molecule is CCC(=O)N(Cc1ccc(OC)c(OCC2(C)COC2)c1)CC1CCCO1. The molecule has 150 valence electrons. The van der Waals surface area contributed by atoms with Gasteiger partial charge < -0.3 is 23.8 Å². The molecule has 0 radical (unpaired) electrons. The highest BCUT2D eigenvalue weighted by Crippen LogP contribution is 2.33. The van der Waals surface area contributed by atoms with Gasteiger partial charge in [0.25, 0.3) is 0 Å². The Labute approximate surface area is 161 Å². The van der Waals surface area contributed by atoms with Gasteiger partial charge in [-0.25, -0.2) is 0 Å². The zero-order valence-electron chi connectivity index (χ0n) is 16.7. The lowest BCUT2D eigenvalue weighted by molar-refractivity contribution is -0.133. The van der Waals surface area contributed by atoms with Gasteiger partial charge in [-0.3, -0.25) is 4.79 Å². The molecule has 2 heterocycles. The topological polar surface area (TPSA) is 57.2 Å². The third kappa shape index (κ3) is 5.14. The molecule has 27 heavy (non-hydrogen) atoms. The van der Waals surface area contributed by atoms with Crippen molar-refractivity contribution in [2.45, 2.75) is 45.8 Å². The molecule has 3 rings (SSSR count). The maximum atomic E-state index is 12.4. The van der Waals surface area contributed by atoms with Gasteiger partial charge in [0, 0.05) is 31.5 Å². The molecule has 0 spiro atoms. The fourth-order valence-electron chi connectivity index (χ4n) is 3.45. The van der Waals surface area contributed by atoms with Crippen molar-refractivity contribution < 1.29 is 23.7 Å². The summed E-state index contributed by atoms with van der Waals surface area (Å²) in [6.45, 7) is 8.05. The van der Waals surface area contributed by atoms with Crippen LogP contribution >= 0.6 is 0 Å². The lowest BCUT2D eigenvalue weighted by Gasteiger charge is -2.37. The van der Waals surface area contributed by atoms with E-state index in [1.807, 2.05) is 30.0 Å². The number of hydrogen-bond donors (Lipinski definition) is 0. The van der Waals surface area contributed by atoms with Crippen molar-refractivity contribution in [1.29, 1.82) is 0 Å². The summed E-state index contributed by atoms with van der Waals surface area (Å²) in [6.07, 6.45) is 2.73. The first kappa shape index (κ1) is 20.0. The van der Waals surface area contributed by atoms with Gasteiger partial charge in [0.1, 0.15) is 0 Å². The van der Waals surface area contributed by atoms with E-state index in [2.05, 4.69) is 6.92 Å². The zero-order valence-corrected chi connectivity index (χ0v) is 16.7. The van der Waals surface area contributed by atoms with Crippen LogP contribution in [0.1, 0.15) is 38.7 Å². The molecular formula is C21H31NO5. The highest BCUT2D eigenvalue weighted by Gasteiger charge is 2.34. The number of amides is 1. The Kier molecular flexibility index (Phi) is 6.60. The van der Waals surface area contributed by atoms with Crippen LogP contribution in [0.4, 0.5) is 0 Å². The predicted molar refractivity (Wildman–Crippen MR) is 102 cm³/mol. The van der Waals surface area contributed by atoms with Crippen molar-refractivity contribution in [3.63, 3.8) is 0 Å². The molecule has 0 saturated carbocycles. The van der Waals surface area contributed by atoms with E-state index in [9.17, 15) is 4.79 Å². The Hall–Kier alpha value is -1.79. The third-order valence-corrected chi connectivity index (χ3v) is 5.18. The first-order valence-electron chi connectivity index (χ1n) is 9.80. The summed E-state index contributed by atoms with van der Waals surface area (Å²) in [5.41, 5.74) is 1.09. The van der Waals surface area contributed by atoms with E-state index >= 15 is 0 Å². The zero-order chi connectivity index (χ0) is 19.3. The van der Waals surface area contributed by atoms with Gasteiger partial charge in [-0.05, 0) is 30.5 Å². The number of ether oxygens (including phenoxy) is 4. The van der Waals surface area contributed by atoms with Gasteiger partial charge >= 0.3 is 0 Å². The second kappa shape index (κ2) is 8.93. The number of hydrogen-bond acceptors (Lipinski definition) is 5. The molecule has 6 heteroatoms. The number of carbonyl (C=O) groups excluding carboxylic acids is 1. The molecule has 2 aliphatic rings. The molecule has 1 aromatic rings. The lowest BCUT2D eigenvalue weighted by atomic mass is 9.90. The van der Waals surface area contributed by atoms with Crippen molar-refractivity contribution in [2.75, 3.05) is 40.1 Å². The van der Waals surface area contributed by atoms with E-state index in [4.69, 9.17) is 18.9 Å². The second-order valence-electron chi connectivity index (χ2n) is 7.84. The van der Waals surface area contributed by atoms with Gasteiger partial charge in [-0.1, -0.05) is 19.9 Å². The lowest BCUT2D eigenvalue weighted by Crippen LogP contribution is -2.44. The number of benzene rings is 1. The number of rotatable bonds is 9. The summed E-state index contributed by atoms with van der Waals surface area (Å²) in [4.78, 5) is 14.3. The normalized spacial score (nSPS) is 20.8. The first-order chi connectivity index (χ1) is 13.0. The van der Waals surface area contributed by atoms with Crippen molar-refractivity contribution >= 4 is 5.91 Å². The Morgan fingerprint density at radius 1 is 1.33 bits per heavy atom. The van der Waals surface area contributed by atoms with Crippen LogP contribution in [0.15, 0.2) is 18.2 Å². The van der Waals surface area contributed by atoms with E-state index in [1.54, 1.807) is 7.11 Å². The largest absolute Gasteiger partial charge is 0.493 e. The summed E-state index contributed by atoms with van der Waals surface area (Å²) >= 11 is 0. The van der Waals surface area contributed by atoms with Gasteiger partial charge in [-0.15, -0.1) is 0 Å². The fourth-order valence-corrected chi connectivity index (χ4v) is 3.45. The fraction of sp³-hybridized carbons (Fsp3) is 0.667. The van der Waals surface area contributed by atoms with Gasteiger partial charge in [0.15, 0.2) is 11.5 Å². The molecule has 0 N–H and O–H groups in total. The average molecular weight is 377 g/mol. The van der Waals surface area contributed by atoms with E-state index in [0.29, 0.717) is 37.6 Å². The van der Waals surface area contributed by atoms with E-state index in [1.165, 1.54) is 0 Å². The molecule has 2 saturated heterocycles. The second-order valence-corrected chi connectivity index (χ2v) is 7.84. The Morgan fingerprint density at radius 2 is 2.15 bits per heavy atom. The molecule has 1 amide bonds. The van der Waals surface area contributed by atoms with Crippen LogP contribution in [-0.4, -0.2) is 57.0 Å². The van der Waals surface area contributed by atoms with Crippen molar-refractivity contribution in [2.24, 2.45) is 5.41 Å². The molecule has 1 aromatic carbocycles. The first-order valence-corrected chi connectivity index (χ1v) is 9.80. The van der Waals surface area contributed by atoms with E-state index in [0.717, 1.165) is 38.2 Å². The number of methoxy groups -OCH3 is 1. The highest BCUT2D eigenvalue weighted by molar-refractivity contribution is 5.75. The van der Waals surface area contributed by atoms with Crippen LogP contribution in [0.25, 0.3) is 0 Å². The smallest absolute Gasteiger partial charge is 0.222 e. The van der Waals surface area contributed by atoms with Crippen molar-refractivity contribution in [1.82, 2.24) is 4.90 Å². The summed E-state index contributed by atoms with van der Waals surface area (Å²) in [5, 5.41) is 0. The number of nitrogens with zero attached hydrogens (tertiary/aromatic N) is 1. The van der Waals surface area contributed by atoms with Gasteiger partial charge in [-0.2, -0.15) is 0 Å². The number of carbonyl (C=O) groups is 1. The van der Waals surface area contributed by atoms with Crippen LogP contribution in [-0.2, 0) is 20.8 Å². The average Bonchev–Trinajstić information content (AvgIpc) is 3.17. The molecule has 0 bridgehead atoms. The molecule has 0 aliphatic carbocycles. The van der Waals surface area contributed by atoms with Crippen molar-refractivity contribution in [3.05, 3.63) is 23.8 Å². The van der Waals surface area contributed by atoms with Crippen LogP contribution in [0.2, 0.25) is 0 Å². The molecule has 2 fully saturated rings. The third-order valence-electron chi connectivity index (χ3n) is 5.18. The van der Waals surface area contributed by atoms with Crippen LogP contribution in [0, 0.1) is 5.41 Å². The molecule has 1 unspecified atom stereocenters. The summed E-state index contributed by atoms with van der Waals surface area (Å²) < 4.78 is 22.5.